The monoisotopic (exact) mass is 456 g/mol. The molecule has 1 aromatic carbocycles. The molecule has 160 valence electrons. The number of nitrogens with zero attached hydrogens (tertiary/aromatic N) is 1. The average molecular weight is 457 g/mol. The van der Waals surface area contributed by atoms with Crippen LogP contribution in [0.15, 0.2) is 38.5 Å². The van der Waals surface area contributed by atoms with Gasteiger partial charge in [-0.25, -0.2) is 21.8 Å². The largest absolute Gasteiger partial charge is 0.374 e. The molecule has 1 fully saturated rings. The average Bonchev–Trinajstić information content (AvgIpc) is 3.15. The van der Waals surface area contributed by atoms with E-state index in [9.17, 15) is 16.8 Å². The van der Waals surface area contributed by atoms with E-state index in [1.807, 2.05) is 13.8 Å². The van der Waals surface area contributed by atoms with Crippen LogP contribution in [-0.4, -0.2) is 33.6 Å². The van der Waals surface area contributed by atoms with Crippen LogP contribution in [0.25, 0.3) is 0 Å². The van der Waals surface area contributed by atoms with Gasteiger partial charge in [-0.2, -0.15) is 0 Å². The van der Waals surface area contributed by atoms with Gasteiger partial charge in [0.05, 0.1) is 10.1 Å². The highest BCUT2D eigenvalue weighted by atomic mass is 32.2. The van der Waals surface area contributed by atoms with Crippen LogP contribution >= 0.6 is 11.3 Å². The van der Waals surface area contributed by atoms with E-state index >= 15 is 0 Å². The molecule has 29 heavy (non-hydrogen) atoms. The minimum atomic E-state index is -3.92. The van der Waals surface area contributed by atoms with E-state index in [0.717, 1.165) is 49.0 Å². The molecule has 9 heteroatoms. The van der Waals surface area contributed by atoms with E-state index in [1.54, 1.807) is 12.1 Å². The summed E-state index contributed by atoms with van der Waals surface area (Å²) in [5, 5.41) is 2.77. The molecular weight excluding hydrogens is 428 g/mol. The lowest BCUT2D eigenvalue weighted by Crippen LogP contribution is -2.24. The predicted molar refractivity (Wildman–Crippen MR) is 116 cm³/mol. The molecule has 1 aliphatic carbocycles. The summed E-state index contributed by atoms with van der Waals surface area (Å²) in [5.41, 5.74) is 0.948. The number of hydrogen-bond acceptors (Lipinski definition) is 7. The highest BCUT2D eigenvalue weighted by molar-refractivity contribution is 7.94. The molecular formula is C20H28N2O4S3. The summed E-state index contributed by atoms with van der Waals surface area (Å²) in [4.78, 5) is 4.31. The molecule has 0 spiro atoms. The first kappa shape index (κ1) is 22.2. The van der Waals surface area contributed by atoms with Crippen LogP contribution < -0.4 is 5.32 Å². The summed E-state index contributed by atoms with van der Waals surface area (Å²) in [5.74, 6) is 0. The smallest absolute Gasteiger partial charge is 0.226 e. The second-order valence-electron chi connectivity index (χ2n) is 7.52. The number of thiazole rings is 1. The van der Waals surface area contributed by atoms with Gasteiger partial charge in [-0.05, 0) is 38.3 Å². The lowest BCUT2D eigenvalue weighted by atomic mass is 10.0. The van der Waals surface area contributed by atoms with E-state index in [0.29, 0.717) is 24.4 Å². The van der Waals surface area contributed by atoms with E-state index in [2.05, 4.69) is 10.3 Å². The number of hydrogen-bond donors (Lipinski definition) is 1. The molecule has 6 nitrogen and oxygen atoms in total. The maximum atomic E-state index is 13.2. The first-order valence-corrected chi connectivity index (χ1v) is 13.9. The maximum absolute atomic E-state index is 13.2. The Bertz CT molecular complexity index is 1040. The van der Waals surface area contributed by atoms with Gasteiger partial charge in [-0.1, -0.05) is 61.6 Å². The zero-order valence-corrected chi connectivity index (χ0v) is 19.3. The number of aryl methyl sites for hydroxylation is 1. The second-order valence-corrected chi connectivity index (χ2v) is 12.8. The molecule has 1 heterocycles. The van der Waals surface area contributed by atoms with E-state index in [1.165, 1.54) is 12.1 Å². The van der Waals surface area contributed by atoms with Crippen molar-refractivity contribution in [3.63, 3.8) is 0 Å². The van der Waals surface area contributed by atoms with Gasteiger partial charge in [0.2, 0.25) is 24.0 Å². The first-order valence-electron chi connectivity index (χ1n) is 10.1. The van der Waals surface area contributed by atoms with E-state index in [-0.39, 0.29) is 14.3 Å². The van der Waals surface area contributed by atoms with Crippen LogP contribution in [0.2, 0.25) is 0 Å². The third-order valence-corrected chi connectivity index (χ3v) is 10.7. The van der Waals surface area contributed by atoms with Crippen LogP contribution in [0.4, 0.5) is 5.00 Å². The molecule has 0 unspecified atom stereocenters. The Morgan fingerprint density at radius 2 is 1.72 bits per heavy atom. The van der Waals surface area contributed by atoms with Crippen LogP contribution in [-0.2, 0) is 19.7 Å². The number of unbranched alkanes of at least 4 members (excludes halogenated alkanes) is 1. The molecule has 3 rings (SSSR count). The number of aromatic nitrogens is 1. The highest BCUT2D eigenvalue weighted by Gasteiger charge is 2.35. The molecule has 1 saturated carbocycles. The zero-order valence-electron chi connectivity index (χ0n) is 16.8. The fourth-order valence-corrected chi connectivity index (χ4v) is 8.44. The van der Waals surface area contributed by atoms with Gasteiger partial charge in [0.25, 0.3) is 0 Å². The van der Waals surface area contributed by atoms with Crippen LogP contribution in [0, 0.1) is 6.92 Å². The normalized spacial score (nSPS) is 16.1. The Hall–Kier alpha value is -1.45. The predicted octanol–water partition coefficient (Wildman–Crippen LogP) is 4.60. The number of rotatable bonds is 8. The molecule has 2 aromatic rings. The Labute approximate surface area is 177 Å². The third kappa shape index (κ3) is 4.83. The Morgan fingerprint density at radius 3 is 2.34 bits per heavy atom. The van der Waals surface area contributed by atoms with Crippen molar-refractivity contribution < 1.29 is 16.8 Å². The number of benzene rings is 1. The van der Waals surface area contributed by atoms with Crippen LogP contribution in [0.1, 0.15) is 57.4 Å². The summed E-state index contributed by atoms with van der Waals surface area (Å²) in [7, 11) is -7.56. The highest BCUT2D eigenvalue weighted by Crippen LogP contribution is 2.38. The van der Waals surface area contributed by atoms with Crippen molar-refractivity contribution in [1.82, 2.24) is 4.98 Å². The quantitative estimate of drug-likeness (QED) is 0.583. The van der Waals surface area contributed by atoms with Gasteiger partial charge in [-0.15, -0.1) is 0 Å². The first-order chi connectivity index (χ1) is 13.8. The van der Waals surface area contributed by atoms with Crippen molar-refractivity contribution in [1.29, 1.82) is 0 Å². The number of nitrogens with one attached hydrogen (secondary N) is 1. The molecule has 1 aromatic heterocycles. The SMILES string of the molecule is CCCCNc1sc(S(=O)(=O)C2CCCCC2)nc1S(=O)(=O)c1ccc(C)cc1. The zero-order chi connectivity index (χ0) is 21.1. The lowest BCUT2D eigenvalue weighted by Gasteiger charge is -2.20. The second kappa shape index (κ2) is 9.14. The molecule has 0 radical (unpaired) electrons. The van der Waals surface area contributed by atoms with Gasteiger partial charge in [0.15, 0.2) is 5.03 Å². The van der Waals surface area contributed by atoms with Crippen LogP contribution in [0.5, 0.6) is 0 Å². The lowest BCUT2D eigenvalue weighted by molar-refractivity contribution is 0.483. The van der Waals surface area contributed by atoms with E-state index < -0.39 is 24.9 Å². The summed E-state index contributed by atoms with van der Waals surface area (Å²) in [6.45, 7) is 4.49. The topological polar surface area (TPSA) is 93.2 Å². The van der Waals surface area contributed by atoms with Gasteiger partial charge >= 0.3 is 0 Å². The van der Waals surface area contributed by atoms with Gasteiger partial charge in [0, 0.05) is 6.54 Å². The van der Waals surface area contributed by atoms with Crippen molar-refractivity contribution in [3.05, 3.63) is 29.8 Å². The minimum Gasteiger partial charge on any atom is -0.374 e. The van der Waals surface area contributed by atoms with Crippen molar-refractivity contribution in [3.8, 4) is 0 Å². The minimum absolute atomic E-state index is 0.0888. The molecule has 0 bridgehead atoms. The molecule has 0 aliphatic heterocycles. The third-order valence-electron chi connectivity index (χ3n) is 5.21. The van der Waals surface area contributed by atoms with Crippen LogP contribution in [0.3, 0.4) is 0 Å². The summed E-state index contributed by atoms with van der Waals surface area (Å²) in [6, 6.07) is 6.52. The fraction of sp³-hybridized carbons (Fsp3) is 0.550. The van der Waals surface area contributed by atoms with Crippen molar-refractivity contribution in [2.24, 2.45) is 0 Å². The molecule has 0 saturated heterocycles. The van der Waals surface area contributed by atoms with Crippen molar-refractivity contribution in [2.45, 2.75) is 78.3 Å². The molecule has 0 atom stereocenters. The number of sulfone groups is 2. The standard InChI is InChI=1S/C20H28N2O4S3/c1-3-4-14-21-18-19(28(23,24)17-12-10-15(2)11-13-17)22-20(27-18)29(25,26)16-8-6-5-7-9-16/h10-13,16,21H,3-9,14H2,1-2H3. The fourth-order valence-electron chi connectivity index (χ4n) is 3.43. The van der Waals surface area contributed by atoms with Gasteiger partial charge in [-0.3, -0.25) is 0 Å². The summed E-state index contributed by atoms with van der Waals surface area (Å²) >= 11 is 0.946. The summed E-state index contributed by atoms with van der Waals surface area (Å²) < 4.78 is 52.6. The van der Waals surface area contributed by atoms with Gasteiger partial charge < -0.3 is 5.32 Å². The number of anilines is 1. The Kier molecular flexibility index (Phi) is 7.01. The van der Waals surface area contributed by atoms with E-state index in [4.69, 9.17) is 0 Å². The van der Waals surface area contributed by atoms with Crippen molar-refractivity contribution in [2.75, 3.05) is 11.9 Å². The Balaban J connectivity index is 2.04. The summed E-state index contributed by atoms with van der Waals surface area (Å²) in [6.07, 6.45) is 5.82. The molecule has 0 amide bonds. The molecule has 1 aliphatic rings. The molecule has 1 N–H and O–H groups in total. The maximum Gasteiger partial charge on any atom is 0.226 e. The van der Waals surface area contributed by atoms with Crippen molar-refractivity contribution >= 4 is 36.0 Å². The van der Waals surface area contributed by atoms with Gasteiger partial charge in [0.1, 0.15) is 5.00 Å². The Morgan fingerprint density at radius 1 is 1.07 bits per heavy atom.